The Hall–Kier alpha value is -1.85. The average Bonchev–Trinajstić information content (AvgIpc) is 3.05. The van der Waals surface area contributed by atoms with Gasteiger partial charge in [-0.3, -0.25) is 0 Å². The largest absolute Gasteiger partial charge is 0.368 e. The molecule has 3 aromatic rings. The SMILES string of the molecule is CCCCN(CCCC)CCCNc1ncnc2c1[nH]c1ccc(Cl)cc12. The van der Waals surface area contributed by atoms with Crippen LogP contribution < -0.4 is 5.32 Å². The Morgan fingerprint density at radius 3 is 2.52 bits per heavy atom. The molecule has 0 atom stereocenters. The van der Waals surface area contributed by atoms with Gasteiger partial charge < -0.3 is 15.2 Å². The summed E-state index contributed by atoms with van der Waals surface area (Å²) < 4.78 is 0. The number of benzene rings is 1. The van der Waals surface area contributed by atoms with E-state index < -0.39 is 0 Å². The molecule has 6 heteroatoms. The van der Waals surface area contributed by atoms with Gasteiger partial charge in [0.2, 0.25) is 0 Å². The van der Waals surface area contributed by atoms with Crippen molar-refractivity contribution >= 4 is 39.4 Å². The molecule has 0 spiro atoms. The highest BCUT2D eigenvalue weighted by molar-refractivity contribution is 6.31. The Kier molecular flexibility index (Phi) is 7.30. The fourth-order valence-electron chi connectivity index (χ4n) is 3.41. The number of H-pyrrole nitrogens is 1. The van der Waals surface area contributed by atoms with Crippen LogP contribution in [0.3, 0.4) is 0 Å². The van der Waals surface area contributed by atoms with Crippen molar-refractivity contribution < 1.29 is 0 Å². The van der Waals surface area contributed by atoms with Gasteiger partial charge >= 0.3 is 0 Å². The van der Waals surface area contributed by atoms with Gasteiger partial charge in [0.05, 0.1) is 0 Å². The van der Waals surface area contributed by atoms with E-state index in [1.807, 2.05) is 18.2 Å². The van der Waals surface area contributed by atoms with Crippen LogP contribution in [-0.2, 0) is 0 Å². The first kappa shape index (κ1) is 19.9. The summed E-state index contributed by atoms with van der Waals surface area (Å²) in [6.07, 6.45) is 7.79. The normalized spacial score (nSPS) is 11.7. The van der Waals surface area contributed by atoms with Crippen LogP contribution in [0.1, 0.15) is 46.0 Å². The molecule has 3 rings (SSSR count). The Balaban J connectivity index is 1.62. The van der Waals surface area contributed by atoms with Crippen LogP contribution in [0, 0.1) is 0 Å². The fraction of sp³-hybridized carbons (Fsp3) is 0.524. The van der Waals surface area contributed by atoms with Gasteiger partial charge in [0.1, 0.15) is 17.4 Å². The second-order valence-corrected chi connectivity index (χ2v) is 7.53. The molecule has 146 valence electrons. The van der Waals surface area contributed by atoms with Gasteiger partial charge in [0, 0.05) is 22.5 Å². The lowest BCUT2D eigenvalue weighted by Crippen LogP contribution is -2.28. The summed E-state index contributed by atoms with van der Waals surface area (Å²) in [6.45, 7) is 8.95. The molecule has 0 saturated heterocycles. The third kappa shape index (κ3) is 5.11. The monoisotopic (exact) mass is 387 g/mol. The lowest BCUT2D eigenvalue weighted by molar-refractivity contribution is 0.264. The summed E-state index contributed by atoms with van der Waals surface area (Å²) in [7, 11) is 0. The summed E-state index contributed by atoms with van der Waals surface area (Å²) in [6, 6.07) is 5.83. The molecule has 5 nitrogen and oxygen atoms in total. The van der Waals surface area contributed by atoms with E-state index in [0.29, 0.717) is 0 Å². The van der Waals surface area contributed by atoms with Crippen molar-refractivity contribution in [2.24, 2.45) is 0 Å². The average molecular weight is 388 g/mol. The van der Waals surface area contributed by atoms with Crippen LogP contribution in [0.5, 0.6) is 0 Å². The van der Waals surface area contributed by atoms with E-state index >= 15 is 0 Å². The van der Waals surface area contributed by atoms with E-state index in [2.05, 4.69) is 39.0 Å². The number of hydrogen-bond donors (Lipinski definition) is 2. The fourth-order valence-corrected chi connectivity index (χ4v) is 3.58. The highest BCUT2D eigenvalue weighted by Crippen LogP contribution is 2.29. The molecule has 0 aliphatic carbocycles. The zero-order valence-corrected chi connectivity index (χ0v) is 17.1. The second-order valence-electron chi connectivity index (χ2n) is 7.09. The minimum absolute atomic E-state index is 0.718. The minimum atomic E-state index is 0.718. The molecule has 2 aromatic heterocycles. The summed E-state index contributed by atoms with van der Waals surface area (Å²) >= 11 is 6.14. The maximum Gasteiger partial charge on any atom is 0.153 e. The van der Waals surface area contributed by atoms with Crippen LogP contribution in [-0.4, -0.2) is 46.0 Å². The van der Waals surface area contributed by atoms with Crippen molar-refractivity contribution in [2.45, 2.75) is 46.0 Å². The van der Waals surface area contributed by atoms with Crippen molar-refractivity contribution in [3.8, 4) is 0 Å². The van der Waals surface area contributed by atoms with Crippen molar-refractivity contribution in [3.63, 3.8) is 0 Å². The third-order valence-electron chi connectivity index (χ3n) is 4.94. The van der Waals surface area contributed by atoms with E-state index in [4.69, 9.17) is 11.6 Å². The second kappa shape index (κ2) is 9.90. The zero-order valence-electron chi connectivity index (χ0n) is 16.4. The highest BCUT2D eigenvalue weighted by Gasteiger charge is 2.11. The molecule has 1 aromatic carbocycles. The minimum Gasteiger partial charge on any atom is -0.368 e. The number of halogens is 1. The first-order valence-electron chi connectivity index (χ1n) is 10.1. The molecule has 0 radical (unpaired) electrons. The van der Waals surface area contributed by atoms with Gasteiger partial charge in [-0.05, 0) is 57.1 Å². The van der Waals surface area contributed by atoms with Gasteiger partial charge in [-0.1, -0.05) is 38.3 Å². The number of nitrogens with zero attached hydrogens (tertiary/aromatic N) is 3. The lowest BCUT2D eigenvalue weighted by atomic mass is 10.2. The summed E-state index contributed by atoms with van der Waals surface area (Å²) in [5, 5.41) is 5.24. The molecular weight excluding hydrogens is 358 g/mol. The molecule has 0 unspecified atom stereocenters. The quantitative estimate of drug-likeness (QED) is 0.428. The smallest absolute Gasteiger partial charge is 0.153 e. The molecule has 2 N–H and O–H groups in total. The van der Waals surface area contributed by atoms with E-state index in [9.17, 15) is 0 Å². The molecular formula is C21H30ClN5. The van der Waals surface area contributed by atoms with E-state index in [-0.39, 0.29) is 0 Å². The van der Waals surface area contributed by atoms with Crippen molar-refractivity contribution in [1.82, 2.24) is 19.9 Å². The Morgan fingerprint density at radius 2 is 1.78 bits per heavy atom. The molecule has 0 fully saturated rings. The molecule has 0 aliphatic rings. The van der Waals surface area contributed by atoms with Gasteiger partial charge in [-0.2, -0.15) is 0 Å². The summed E-state index contributed by atoms with van der Waals surface area (Å²) in [5.74, 6) is 0.862. The van der Waals surface area contributed by atoms with Crippen molar-refractivity contribution in [1.29, 1.82) is 0 Å². The highest BCUT2D eigenvalue weighted by atomic mass is 35.5. The molecule has 0 saturated carbocycles. The number of aromatic amines is 1. The van der Waals surface area contributed by atoms with Gasteiger partial charge in [0.15, 0.2) is 5.82 Å². The molecule has 0 amide bonds. The van der Waals surface area contributed by atoms with Crippen molar-refractivity contribution in [3.05, 3.63) is 29.5 Å². The summed E-state index contributed by atoms with van der Waals surface area (Å²) in [4.78, 5) is 14.9. The van der Waals surface area contributed by atoms with Crippen LogP contribution in [0.25, 0.3) is 21.9 Å². The van der Waals surface area contributed by atoms with E-state index in [1.54, 1.807) is 6.33 Å². The Morgan fingerprint density at radius 1 is 1.04 bits per heavy atom. The molecule has 27 heavy (non-hydrogen) atoms. The summed E-state index contributed by atoms with van der Waals surface area (Å²) in [5.41, 5.74) is 2.89. The lowest BCUT2D eigenvalue weighted by Gasteiger charge is -2.22. The number of fused-ring (bicyclic) bond motifs is 3. The maximum absolute atomic E-state index is 6.14. The first-order chi connectivity index (χ1) is 13.2. The van der Waals surface area contributed by atoms with E-state index in [0.717, 1.165) is 52.3 Å². The number of aromatic nitrogens is 3. The number of hydrogen-bond acceptors (Lipinski definition) is 4. The van der Waals surface area contributed by atoms with Crippen molar-refractivity contribution in [2.75, 3.05) is 31.5 Å². The van der Waals surface area contributed by atoms with Crippen LogP contribution in [0.15, 0.2) is 24.5 Å². The third-order valence-corrected chi connectivity index (χ3v) is 5.18. The Bertz CT molecular complexity index is 852. The van der Waals surface area contributed by atoms with Crippen LogP contribution in [0.4, 0.5) is 5.82 Å². The molecule has 0 bridgehead atoms. The number of rotatable bonds is 11. The zero-order chi connectivity index (χ0) is 19.1. The predicted octanol–water partition coefficient (Wildman–Crippen LogP) is 5.47. The first-order valence-corrected chi connectivity index (χ1v) is 10.5. The van der Waals surface area contributed by atoms with Crippen LogP contribution >= 0.6 is 11.6 Å². The maximum atomic E-state index is 6.14. The van der Waals surface area contributed by atoms with Crippen LogP contribution in [0.2, 0.25) is 5.02 Å². The molecule has 2 heterocycles. The number of unbranched alkanes of at least 4 members (excludes halogenated alkanes) is 2. The number of anilines is 1. The van der Waals surface area contributed by atoms with Gasteiger partial charge in [0.25, 0.3) is 0 Å². The Labute approximate surface area is 166 Å². The standard InChI is InChI=1S/C21H30ClN5/c1-3-5-11-27(12-6-4-2)13-7-10-23-21-20-19(24-15-25-21)17-14-16(22)8-9-18(17)26-20/h8-9,14-15,26H,3-7,10-13H2,1-2H3,(H,23,24,25). The van der Waals surface area contributed by atoms with E-state index in [1.165, 1.54) is 38.8 Å². The number of nitrogens with one attached hydrogen (secondary N) is 2. The molecule has 0 aliphatic heterocycles. The van der Waals surface area contributed by atoms with Gasteiger partial charge in [-0.15, -0.1) is 0 Å². The topological polar surface area (TPSA) is 56.8 Å². The predicted molar refractivity (Wildman–Crippen MR) is 116 cm³/mol. The van der Waals surface area contributed by atoms with Gasteiger partial charge in [-0.25, -0.2) is 9.97 Å².